The summed E-state index contributed by atoms with van der Waals surface area (Å²) >= 11 is 30.0. The van der Waals surface area contributed by atoms with Gasteiger partial charge in [-0.1, -0.05) is 64.1 Å². The first-order valence-electron chi connectivity index (χ1n) is 7.42. The first kappa shape index (κ1) is 20.2. The van der Waals surface area contributed by atoms with Gasteiger partial charge in [-0.25, -0.2) is 0 Å². The molecule has 1 N–H and O–H groups in total. The van der Waals surface area contributed by atoms with E-state index < -0.39 is 24.3 Å². The molecule has 3 amide bonds. The molecule has 0 radical (unpaired) electrons. The fraction of sp³-hybridized carbons (Fsp3) is 0.118. The molecule has 0 fully saturated rings. The maximum absolute atomic E-state index is 12.6. The van der Waals surface area contributed by atoms with Gasteiger partial charge < -0.3 is 5.32 Å². The zero-order valence-electron chi connectivity index (χ0n) is 13.5. The normalized spacial score (nSPS) is 13.2. The van der Waals surface area contributed by atoms with Crippen molar-refractivity contribution in [1.82, 2.24) is 4.90 Å². The maximum atomic E-state index is 12.6. The first-order valence-corrected chi connectivity index (χ1v) is 9.31. The van der Waals surface area contributed by atoms with E-state index in [2.05, 4.69) is 5.32 Å². The molecule has 0 spiro atoms. The van der Waals surface area contributed by atoms with Gasteiger partial charge in [0.25, 0.3) is 11.8 Å². The van der Waals surface area contributed by atoms with Crippen LogP contribution in [0.2, 0.25) is 25.1 Å². The summed E-state index contributed by atoms with van der Waals surface area (Å²) in [5.74, 6) is -2.16. The van der Waals surface area contributed by atoms with E-state index in [0.717, 1.165) is 4.90 Å². The third-order valence-electron chi connectivity index (χ3n) is 4.03. The lowest BCUT2D eigenvalue weighted by molar-refractivity contribution is -0.116. The molecular weight excluding hydrogens is 457 g/mol. The fourth-order valence-electron chi connectivity index (χ4n) is 2.62. The van der Waals surface area contributed by atoms with E-state index in [4.69, 9.17) is 58.0 Å². The second kappa shape index (κ2) is 7.49. The highest BCUT2D eigenvalue weighted by Crippen LogP contribution is 2.44. The van der Waals surface area contributed by atoms with Gasteiger partial charge in [0, 0.05) is 10.7 Å². The molecule has 0 aromatic heterocycles. The van der Waals surface area contributed by atoms with E-state index >= 15 is 0 Å². The molecule has 3 rings (SSSR count). The predicted octanol–water partition coefficient (Wildman–Crippen LogP) is 5.50. The molecule has 2 aromatic rings. The summed E-state index contributed by atoms with van der Waals surface area (Å²) in [6, 6.07) is 4.99. The van der Waals surface area contributed by atoms with Crippen LogP contribution in [0.5, 0.6) is 0 Å². The topological polar surface area (TPSA) is 66.5 Å². The van der Waals surface area contributed by atoms with E-state index in [-0.39, 0.29) is 31.2 Å². The minimum atomic E-state index is -0.779. The average Bonchev–Trinajstić information content (AvgIpc) is 2.87. The van der Waals surface area contributed by atoms with Crippen LogP contribution in [0, 0.1) is 6.92 Å². The van der Waals surface area contributed by atoms with Crippen LogP contribution in [0.4, 0.5) is 5.69 Å². The summed E-state index contributed by atoms with van der Waals surface area (Å²) in [6.45, 7) is 1.18. The summed E-state index contributed by atoms with van der Waals surface area (Å²) in [4.78, 5) is 38.3. The Kier molecular flexibility index (Phi) is 5.62. The van der Waals surface area contributed by atoms with Gasteiger partial charge in [0.2, 0.25) is 5.91 Å². The number of carbonyl (C=O) groups excluding carboxylic acids is 3. The van der Waals surface area contributed by atoms with Crippen molar-refractivity contribution in [3.05, 3.63) is 60.0 Å². The zero-order valence-corrected chi connectivity index (χ0v) is 17.3. The Hall–Kier alpha value is -1.50. The quantitative estimate of drug-likeness (QED) is 0.369. The molecule has 0 saturated carbocycles. The number of anilines is 1. The van der Waals surface area contributed by atoms with Gasteiger partial charge in [-0.2, -0.15) is 0 Å². The van der Waals surface area contributed by atoms with E-state index in [1.165, 1.54) is 0 Å². The molecule has 1 aliphatic heterocycles. The molecule has 1 heterocycles. The lowest BCUT2D eigenvalue weighted by Gasteiger charge is -2.15. The van der Waals surface area contributed by atoms with Crippen LogP contribution in [0.15, 0.2) is 18.2 Å². The number of benzene rings is 2. The summed E-state index contributed by atoms with van der Waals surface area (Å²) in [5, 5.41) is 2.43. The second-order valence-electron chi connectivity index (χ2n) is 5.66. The number of nitrogens with zero attached hydrogens (tertiary/aromatic N) is 1. The van der Waals surface area contributed by atoms with Gasteiger partial charge in [-0.05, 0) is 24.6 Å². The number of halogens is 5. The largest absolute Gasteiger partial charge is 0.324 e. The third-order valence-corrected chi connectivity index (χ3v) is 6.24. The molecule has 0 unspecified atom stereocenters. The smallest absolute Gasteiger partial charge is 0.263 e. The maximum Gasteiger partial charge on any atom is 0.263 e. The van der Waals surface area contributed by atoms with E-state index in [9.17, 15) is 14.4 Å². The van der Waals surface area contributed by atoms with Crippen LogP contribution < -0.4 is 5.32 Å². The van der Waals surface area contributed by atoms with Gasteiger partial charge in [-0.15, -0.1) is 0 Å². The highest BCUT2D eigenvalue weighted by Gasteiger charge is 2.42. The third kappa shape index (κ3) is 3.39. The lowest BCUT2D eigenvalue weighted by atomic mass is 10.1. The molecule has 1 aliphatic rings. The number of hydrogen-bond donors (Lipinski definition) is 1. The number of hydrogen-bond acceptors (Lipinski definition) is 3. The molecule has 5 nitrogen and oxygen atoms in total. The van der Waals surface area contributed by atoms with Crippen LogP contribution in [-0.4, -0.2) is 29.2 Å². The Labute approximate surface area is 179 Å². The fourth-order valence-corrected chi connectivity index (χ4v) is 3.80. The van der Waals surface area contributed by atoms with Crippen LogP contribution in [0.1, 0.15) is 26.3 Å². The lowest BCUT2D eigenvalue weighted by Crippen LogP contribution is -2.37. The van der Waals surface area contributed by atoms with E-state index in [1.807, 2.05) is 0 Å². The van der Waals surface area contributed by atoms with Crippen LogP contribution >= 0.6 is 58.0 Å². The van der Waals surface area contributed by atoms with Crippen molar-refractivity contribution in [2.45, 2.75) is 6.92 Å². The average molecular weight is 467 g/mol. The van der Waals surface area contributed by atoms with Crippen molar-refractivity contribution in [2.24, 2.45) is 0 Å². The van der Waals surface area contributed by atoms with Gasteiger partial charge in [-0.3, -0.25) is 19.3 Å². The van der Waals surface area contributed by atoms with Crippen molar-refractivity contribution in [3.8, 4) is 0 Å². The number of amides is 3. The molecule has 27 heavy (non-hydrogen) atoms. The number of carbonyl (C=O) groups is 3. The van der Waals surface area contributed by atoms with Gasteiger partial charge in [0.05, 0.1) is 31.2 Å². The number of rotatable bonds is 3. The SMILES string of the molecule is Cc1c(Cl)cccc1NC(=O)CN1C(=O)c2c(Cl)c(Cl)c(Cl)c(Cl)c2C1=O. The minimum Gasteiger partial charge on any atom is -0.324 e. The van der Waals surface area contributed by atoms with Crippen molar-refractivity contribution < 1.29 is 14.4 Å². The summed E-state index contributed by atoms with van der Waals surface area (Å²) < 4.78 is 0. The molecule has 0 saturated heterocycles. The molecule has 10 heteroatoms. The highest BCUT2D eigenvalue weighted by molar-refractivity contribution is 6.55. The molecule has 140 valence electrons. The molecule has 2 aromatic carbocycles. The van der Waals surface area contributed by atoms with Crippen LogP contribution in [0.25, 0.3) is 0 Å². The molecule has 0 aliphatic carbocycles. The Morgan fingerprint density at radius 2 is 1.44 bits per heavy atom. The summed E-state index contributed by atoms with van der Waals surface area (Å²) in [7, 11) is 0. The Morgan fingerprint density at radius 1 is 0.926 bits per heavy atom. The Morgan fingerprint density at radius 3 is 1.96 bits per heavy atom. The van der Waals surface area contributed by atoms with Gasteiger partial charge in [0.1, 0.15) is 6.54 Å². The summed E-state index contributed by atoms with van der Waals surface area (Å²) in [5.41, 5.74) is 0.770. The highest BCUT2D eigenvalue weighted by atomic mass is 35.5. The van der Waals surface area contributed by atoms with E-state index in [1.54, 1.807) is 25.1 Å². The first-order chi connectivity index (χ1) is 12.6. The van der Waals surface area contributed by atoms with Crippen molar-refractivity contribution in [3.63, 3.8) is 0 Å². The standard InChI is InChI=1S/C17H9Cl5N2O3/c1-6-7(18)3-2-4-8(6)23-9(25)5-24-16(26)10-11(17(24)27)13(20)15(22)14(21)12(10)19/h2-4H,5H2,1H3,(H,23,25). The summed E-state index contributed by atoms with van der Waals surface area (Å²) in [6.07, 6.45) is 0. The monoisotopic (exact) mass is 464 g/mol. The molecular formula is C17H9Cl5N2O3. The predicted molar refractivity (Wildman–Crippen MR) is 107 cm³/mol. The molecule has 0 bridgehead atoms. The zero-order chi connectivity index (χ0) is 20.0. The van der Waals surface area contributed by atoms with Gasteiger partial charge >= 0.3 is 0 Å². The minimum absolute atomic E-state index is 0.135. The van der Waals surface area contributed by atoms with Crippen molar-refractivity contribution in [2.75, 3.05) is 11.9 Å². The second-order valence-corrected chi connectivity index (χ2v) is 7.58. The van der Waals surface area contributed by atoms with Crippen LogP contribution in [0.3, 0.4) is 0 Å². The number of nitrogens with one attached hydrogen (secondary N) is 1. The number of imide groups is 1. The van der Waals surface area contributed by atoms with E-state index in [0.29, 0.717) is 16.3 Å². The Bertz CT molecular complexity index is 975. The van der Waals surface area contributed by atoms with Crippen LogP contribution in [-0.2, 0) is 4.79 Å². The Balaban J connectivity index is 1.89. The van der Waals surface area contributed by atoms with Crippen molar-refractivity contribution >= 4 is 81.4 Å². The number of fused-ring (bicyclic) bond motifs is 1. The molecule has 0 atom stereocenters. The van der Waals surface area contributed by atoms with Gasteiger partial charge in [0.15, 0.2) is 0 Å². The van der Waals surface area contributed by atoms with Crippen molar-refractivity contribution in [1.29, 1.82) is 0 Å².